The van der Waals surface area contributed by atoms with Crippen LogP contribution in [0.5, 0.6) is 0 Å². The lowest BCUT2D eigenvalue weighted by Gasteiger charge is -2.54. The van der Waals surface area contributed by atoms with Crippen molar-refractivity contribution in [1.82, 2.24) is 15.2 Å². The van der Waals surface area contributed by atoms with Gasteiger partial charge in [0.2, 0.25) is 0 Å². The van der Waals surface area contributed by atoms with Crippen molar-refractivity contribution in [3.05, 3.63) is 23.2 Å². The summed E-state index contributed by atoms with van der Waals surface area (Å²) in [4.78, 5) is 9.42. The number of ether oxygens (including phenoxy) is 1. The Labute approximate surface area is 170 Å². The Morgan fingerprint density at radius 3 is 3.07 bits per heavy atom. The second-order valence-corrected chi connectivity index (χ2v) is 9.55. The Kier molecular flexibility index (Phi) is 4.76. The van der Waals surface area contributed by atoms with E-state index in [0.717, 1.165) is 29.9 Å². The monoisotopic (exact) mass is 397 g/mol. The maximum absolute atomic E-state index is 9.35. The maximum atomic E-state index is 9.35. The number of piperidine rings is 1. The smallest absolute Gasteiger partial charge is 0.101 e. The molecule has 28 heavy (non-hydrogen) atoms. The molecule has 3 aliphatic rings. The molecule has 5 rings (SSSR count). The van der Waals surface area contributed by atoms with Crippen molar-refractivity contribution in [2.75, 3.05) is 50.7 Å². The van der Waals surface area contributed by atoms with Crippen molar-refractivity contribution in [2.24, 2.45) is 5.41 Å². The highest BCUT2D eigenvalue weighted by molar-refractivity contribution is 7.17. The van der Waals surface area contributed by atoms with Gasteiger partial charge in [-0.25, -0.2) is 4.98 Å². The van der Waals surface area contributed by atoms with Crippen LogP contribution >= 0.6 is 11.3 Å². The fraction of sp³-hybridized carbons (Fsp3) is 0.619. The lowest BCUT2D eigenvalue weighted by atomic mass is 9.74. The number of anilines is 1. The molecular formula is C21H27N5OS. The summed E-state index contributed by atoms with van der Waals surface area (Å²) in [5, 5.41) is 12.9. The van der Waals surface area contributed by atoms with Gasteiger partial charge >= 0.3 is 0 Å². The Morgan fingerprint density at radius 1 is 1.39 bits per heavy atom. The first-order chi connectivity index (χ1) is 13.7. The fourth-order valence-electron chi connectivity index (χ4n) is 5.24. The number of rotatable bonds is 3. The van der Waals surface area contributed by atoms with Gasteiger partial charge in [-0.15, -0.1) is 11.3 Å². The predicted molar refractivity (Wildman–Crippen MR) is 112 cm³/mol. The molecule has 0 aliphatic carbocycles. The topological polar surface area (TPSA) is 64.4 Å². The van der Waals surface area contributed by atoms with Gasteiger partial charge in [0.25, 0.3) is 0 Å². The molecule has 2 atom stereocenters. The highest BCUT2D eigenvalue weighted by Gasteiger charge is 2.44. The standard InChI is InChI=1S/C21H27N5OS/c1-15-8-26(18-4-3-16(7-22)19-20(18)28-14-24-19)10-17(27-15)9-25-12-21(13-25)5-2-6-23-11-21/h3-4,14-15,17,23H,2,5-6,8-13H2,1H3/t15-,17+/m1/s1. The number of aromatic nitrogens is 1. The van der Waals surface area contributed by atoms with E-state index in [0.29, 0.717) is 11.0 Å². The van der Waals surface area contributed by atoms with Crippen molar-refractivity contribution in [1.29, 1.82) is 5.26 Å². The van der Waals surface area contributed by atoms with Gasteiger partial charge in [0, 0.05) is 44.7 Å². The van der Waals surface area contributed by atoms with Crippen LogP contribution in [0.25, 0.3) is 10.2 Å². The number of thiazole rings is 1. The van der Waals surface area contributed by atoms with Crippen LogP contribution in [0, 0.1) is 16.7 Å². The van der Waals surface area contributed by atoms with Crippen molar-refractivity contribution >= 4 is 27.2 Å². The largest absolute Gasteiger partial charge is 0.370 e. The molecule has 148 valence electrons. The Bertz CT molecular complexity index is 892. The van der Waals surface area contributed by atoms with E-state index in [1.54, 1.807) is 11.3 Å². The summed E-state index contributed by atoms with van der Waals surface area (Å²) in [6.07, 6.45) is 3.08. The van der Waals surface area contributed by atoms with Crippen LogP contribution in [0.3, 0.4) is 0 Å². The summed E-state index contributed by atoms with van der Waals surface area (Å²) in [5.74, 6) is 0. The third-order valence-electron chi connectivity index (χ3n) is 6.39. The van der Waals surface area contributed by atoms with Crippen LogP contribution in [0.1, 0.15) is 25.3 Å². The SMILES string of the molecule is C[C@@H]1CN(c2ccc(C#N)c3ncsc23)C[C@H](CN2CC3(CCCNC3)C2)O1. The number of nitriles is 1. The van der Waals surface area contributed by atoms with E-state index < -0.39 is 0 Å². The van der Waals surface area contributed by atoms with E-state index in [2.05, 4.69) is 39.2 Å². The van der Waals surface area contributed by atoms with Crippen molar-refractivity contribution in [3.8, 4) is 6.07 Å². The molecule has 3 aliphatic heterocycles. The van der Waals surface area contributed by atoms with E-state index in [1.165, 1.54) is 44.7 Å². The van der Waals surface area contributed by atoms with Crippen LogP contribution in [0.4, 0.5) is 5.69 Å². The van der Waals surface area contributed by atoms with E-state index in [-0.39, 0.29) is 12.2 Å². The van der Waals surface area contributed by atoms with Gasteiger partial charge in [0.1, 0.15) is 11.6 Å². The second-order valence-electron chi connectivity index (χ2n) is 8.70. The minimum atomic E-state index is 0.198. The lowest BCUT2D eigenvalue weighted by molar-refractivity contribution is -0.0788. The van der Waals surface area contributed by atoms with Crippen LogP contribution in [-0.4, -0.2) is 67.9 Å². The average Bonchev–Trinajstić information content (AvgIpc) is 3.16. The zero-order valence-corrected chi connectivity index (χ0v) is 17.2. The zero-order chi connectivity index (χ0) is 19.1. The second kappa shape index (κ2) is 7.27. The van der Waals surface area contributed by atoms with E-state index in [1.807, 2.05) is 11.6 Å². The minimum absolute atomic E-state index is 0.198. The molecule has 1 spiro atoms. The number of nitrogens with one attached hydrogen (secondary N) is 1. The molecule has 3 saturated heterocycles. The average molecular weight is 398 g/mol. The summed E-state index contributed by atoms with van der Waals surface area (Å²) >= 11 is 1.62. The van der Waals surface area contributed by atoms with Gasteiger partial charge in [-0.2, -0.15) is 5.26 Å². The van der Waals surface area contributed by atoms with Gasteiger partial charge in [-0.05, 0) is 38.4 Å². The Morgan fingerprint density at radius 2 is 2.29 bits per heavy atom. The van der Waals surface area contributed by atoms with Gasteiger partial charge in [0.05, 0.1) is 33.7 Å². The van der Waals surface area contributed by atoms with E-state index in [9.17, 15) is 5.26 Å². The number of hydrogen-bond donors (Lipinski definition) is 1. The summed E-state index contributed by atoms with van der Waals surface area (Å²) in [7, 11) is 0. The molecule has 0 amide bonds. The first-order valence-corrected chi connectivity index (χ1v) is 11.1. The van der Waals surface area contributed by atoms with E-state index >= 15 is 0 Å². The molecule has 1 aromatic heterocycles. The fourth-order valence-corrected chi connectivity index (χ4v) is 6.09. The molecule has 3 fully saturated rings. The maximum Gasteiger partial charge on any atom is 0.101 e. The van der Waals surface area contributed by atoms with Gasteiger partial charge in [0.15, 0.2) is 0 Å². The third kappa shape index (κ3) is 3.29. The summed E-state index contributed by atoms with van der Waals surface area (Å²) in [5.41, 5.74) is 5.03. The highest BCUT2D eigenvalue weighted by Crippen LogP contribution is 2.37. The Hall–Kier alpha value is -1.72. The molecule has 4 heterocycles. The summed E-state index contributed by atoms with van der Waals surface area (Å²) < 4.78 is 7.41. The quantitative estimate of drug-likeness (QED) is 0.858. The molecule has 0 bridgehead atoms. The van der Waals surface area contributed by atoms with Crippen LogP contribution < -0.4 is 10.2 Å². The molecule has 1 aromatic carbocycles. The number of likely N-dealkylation sites (tertiary alicyclic amines) is 1. The van der Waals surface area contributed by atoms with Crippen molar-refractivity contribution in [2.45, 2.75) is 32.0 Å². The van der Waals surface area contributed by atoms with Crippen molar-refractivity contribution in [3.63, 3.8) is 0 Å². The van der Waals surface area contributed by atoms with E-state index in [4.69, 9.17) is 4.74 Å². The number of fused-ring (bicyclic) bond motifs is 1. The molecule has 0 radical (unpaired) electrons. The lowest BCUT2D eigenvalue weighted by Crippen LogP contribution is -2.64. The van der Waals surface area contributed by atoms with Crippen molar-refractivity contribution < 1.29 is 4.74 Å². The molecule has 2 aromatic rings. The highest BCUT2D eigenvalue weighted by atomic mass is 32.1. The van der Waals surface area contributed by atoms with Crippen LogP contribution in [0.2, 0.25) is 0 Å². The molecule has 7 heteroatoms. The normalized spacial score (nSPS) is 27.6. The minimum Gasteiger partial charge on any atom is -0.370 e. The number of morpholine rings is 1. The number of benzene rings is 1. The molecule has 0 saturated carbocycles. The Balaban J connectivity index is 1.29. The third-order valence-corrected chi connectivity index (χ3v) is 7.24. The number of nitrogens with zero attached hydrogens (tertiary/aromatic N) is 4. The van der Waals surface area contributed by atoms with Gasteiger partial charge < -0.3 is 15.0 Å². The van der Waals surface area contributed by atoms with Crippen LogP contribution in [-0.2, 0) is 4.74 Å². The summed E-state index contributed by atoms with van der Waals surface area (Å²) in [6, 6.07) is 6.25. The molecule has 1 N–H and O–H groups in total. The molecule has 0 unspecified atom stereocenters. The molecular weight excluding hydrogens is 370 g/mol. The first kappa shape index (κ1) is 18.3. The van der Waals surface area contributed by atoms with Crippen LogP contribution in [0.15, 0.2) is 17.6 Å². The first-order valence-electron chi connectivity index (χ1n) is 10.3. The zero-order valence-electron chi connectivity index (χ0n) is 16.4. The number of hydrogen-bond acceptors (Lipinski definition) is 7. The van der Waals surface area contributed by atoms with Gasteiger partial charge in [-0.3, -0.25) is 4.90 Å². The predicted octanol–water partition coefficient (Wildman–Crippen LogP) is 2.45. The summed E-state index contributed by atoms with van der Waals surface area (Å²) in [6.45, 7) is 9.69. The molecule has 6 nitrogen and oxygen atoms in total. The van der Waals surface area contributed by atoms with Gasteiger partial charge in [-0.1, -0.05) is 0 Å².